The highest BCUT2D eigenvalue weighted by Crippen LogP contribution is 2.41. The number of rotatable bonds is 7. The fraction of sp³-hybridized carbons (Fsp3) is 0.444. The van der Waals surface area contributed by atoms with Crippen LogP contribution in [0, 0.1) is 11.3 Å². The smallest absolute Gasteiger partial charge is 0.420 e. The molecule has 0 bridgehead atoms. The third-order valence-electron chi connectivity index (χ3n) is 6.39. The zero-order valence-electron chi connectivity index (χ0n) is 20.3. The molecule has 2 aromatic rings. The first-order valence-corrected chi connectivity index (χ1v) is 13.1. The van der Waals surface area contributed by atoms with Gasteiger partial charge in [0.25, 0.3) is 0 Å². The van der Waals surface area contributed by atoms with E-state index in [-0.39, 0.29) is 17.1 Å². The first kappa shape index (κ1) is 26.4. The Morgan fingerprint density at radius 2 is 1.69 bits per heavy atom. The van der Waals surface area contributed by atoms with Crippen molar-refractivity contribution < 1.29 is 22.6 Å². The monoisotopic (exact) mass is 517 g/mol. The fourth-order valence-corrected chi connectivity index (χ4v) is 5.49. The van der Waals surface area contributed by atoms with Gasteiger partial charge in [-0.15, -0.1) is 11.8 Å². The number of methoxy groups -OCH3 is 1. The Balaban J connectivity index is 1.42. The van der Waals surface area contributed by atoms with E-state index in [4.69, 9.17) is 14.7 Å². The molecule has 0 aliphatic carbocycles. The van der Waals surface area contributed by atoms with Crippen molar-refractivity contribution in [2.24, 2.45) is 0 Å². The molecule has 0 saturated carbocycles. The molecule has 0 spiro atoms. The quantitative estimate of drug-likeness (QED) is 0.412. The topological polar surface area (TPSA) is 48.7 Å². The molecule has 36 heavy (non-hydrogen) atoms. The lowest BCUT2D eigenvalue weighted by Gasteiger charge is -2.22. The molecule has 0 unspecified atom stereocenters. The summed E-state index contributed by atoms with van der Waals surface area (Å²) in [5.74, 6) is 1.09. The van der Waals surface area contributed by atoms with Gasteiger partial charge in [0.2, 0.25) is 0 Å². The summed E-state index contributed by atoms with van der Waals surface area (Å²) in [6.07, 6.45) is 2.71. The molecule has 9 heteroatoms. The van der Waals surface area contributed by atoms with Crippen LogP contribution in [0.15, 0.2) is 41.3 Å². The number of hydrogen-bond acceptors (Lipinski definition) is 6. The van der Waals surface area contributed by atoms with E-state index in [0.29, 0.717) is 5.75 Å². The second-order valence-electron chi connectivity index (χ2n) is 9.03. The number of halogens is 3. The third-order valence-corrected chi connectivity index (χ3v) is 7.50. The van der Waals surface area contributed by atoms with Crippen LogP contribution in [0.2, 0.25) is 0 Å². The van der Waals surface area contributed by atoms with Gasteiger partial charge in [-0.2, -0.15) is 18.4 Å². The lowest BCUT2D eigenvalue weighted by atomic mass is 10.1. The van der Waals surface area contributed by atoms with Crippen LogP contribution in [0.25, 0.3) is 6.08 Å². The molecule has 2 aromatic carbocycles. The van der Waals surface area contributed by atoms with Gasteiger partial charge < -0.3 is 14.4 Å². The second kappa shape index (κ2) is 12.0. The molecule has 0 atom stereocenters. The summed E-state index contributed by atoms with van der Waals surface area (Å²) in [5, 5.41) is 8.96. The SMILES string of the molecule is COc1cc(C=C2CN(CCN3CCCCCC3)CS2)ccc1Oc1ccc(C#N)cc1C(F)(F)F. The first-order chi connectivity index (χ1) is 17.4. The highest BCUT2D eigenvalue weighted by Gasteiger charge is 2.35. The van der Waals surface area contributed by atoms with Crippen LogP contribution in [0.1, 0.15) is 42.4 Å². The fourth-order valence-electron chi connectivity index (χ4n) is 4.43. The summed E-state index contributed by atoms with van der Waals surface area (Å²) >= 11 is 1.81. The molecule has 5 nitrogen and oxygen atoms in total. The Morgan fingerprint density at radius 1 is 0.972 bits per heavy atom. The minimum absolute atomic E-state index is 0.0850. The Bertz CT molecular complexity index is 1120. The van der Waals surface area contributed by atoms with E-state index in [1.807, 2.05) is 17.8 Å². The van der Waals surface area contributed by atoms with Crippen molar-refractivity contribution in [1.82, 2.24) is 9.80 Å². The van der Waals surface area contributed by atoms with Gasteiger partial charge >= 0.3 is 6.18 Å². The minimum Gasteiger partial charge on any atom is -0.493 e. The molecule has 2 fully saturated rings. The number of ether oxygens (including phenoxy) is 2. The van der Waals surface area contributed by atoms with Crippen molar-refractivity contribution in [1.29, 1.82) is 5.26 Å². The molecule has 2 aliphatic heterocycles. The summed E-state index contributed by atoms with van der Waals surface area (Å²) < 4.78 is 51.6. The van der Waals surface area contributed by atoms with Gasteiger partial charge in [-0.25, -0.2) is 0 Å². The van der Waals surface area contributed by atoms with Crippen LogP contribution < -0.4 is 9.47 Å². The molecule has 2 saturated heterocycles. The van der Waals surface area contributed by atoms with E-state index in [0.717, 1.165) is 43.2 Å². The van der Waals surface area contributed by atoms with Crippen LogP contribution in [0.4, 0.5) is 13.2 Å². The van der Waals surface area contributed by atoms with Crippen LogP contribution in [-0.2, 0) is 6.18 Å². The molecule has 0 N–H and O–H groups in total. The summed E-state index contributed by atoms with van der Waals surface area (Å²) in [7, 11) is 1.46. The largest absolute Gasteiger partial charge is 0.493 e. The lowest BCUT2D eigenvalue weighted by Crippen LogP contribution is -2.34. The zero-order chi connectivity index (χ0) is 25.5. The van der Waals surface area contributed by atoms with Crippen molar-refractivity contribution in [3.05, 3.63) is 58.0 Å². The predicted octanol–water partition coefficient (Wildman–Crippen LogP) is 6.60. The lowest BCUT2D eigenvalue weighted by molar-refractivity contribution is -0.138. The Hall–Kier alpha value is -2.67. The number of thioether (sulfide) groups is 1. The van der Waals surface area contributed by atoms with Gasteiger partial charge in [-0.3, -0.25) is 4.90 Å². The summed E-state index contributed by atoms with van der Waals surface area (Å²) in [6.45, 7) is 5.43. The van der Waals surface area contributed by atoms with E-state index in [1.54, 1.807) is 18.2 Å². The molecular weight excluding hydrogens is 487 g/mol. The highest BCUT2D eigenvalue weighted by atomic mass is 32.2. The standard InChI is InChI=1S/C27H30F3N3O2S/c1-34-26-16-20(14-22-18-33(19-36-22)13-12-32-10-4-2-3-5-11-32)6-9-25(26)35-24-8-7-21(17-31)15-23(24)27(28,29)30/h6-9,14-16H,2-5,10-13,18-19H2,1H3. The van der Waals surface area contributed by atoms with Gasteiger partial charge in [-0.1, -0.05) is 18.9 Å². The van der Waals surface area contributed by atoms with E-state index in [1.165, 1.54) is 56.9 Å². The van der Waals surface area contributed by atoms with Crippen LogP contribution >= 0.6 is 11.8 Å². The van der Waals surface area contributed by atoms with Gasteiger partial charge in [0, 0.05) is 30.4 Å². The van der Waals surface area contributed by atoms with Crippen molar-refractivity contribution in [3.8, 4) is 23.3 Å². The number of hydrogen-bond donors (Lipinski definition) is 0. The first-order valence-electron chi connectivity index (χ1n) is 12.1. The van der Waals surface area contributed by atoms with Crippen LogP contribution in [0.5, 0.6) is 17.2 Å². The highest BCUT2D eigenvalue weighted by molar-refractivity contribution is 8.03. The minimum atomic E-state index is -4.65. The Kier molecular flexibility index (Phi) is 8.83. The molecule has 0 aromatic heterocycles. The number of nitrogens with zero attached hydrogens (tertiary/aromatic N) is 3. The molecule has 0 amide bonds. The van der Waals surface area contributed by atoms with Crippen molar-refractivity contribution in [2.75, 3.05) is 45.7 Å². The molecule has 2 aliphatic rings. The predicted molar refractivity (Wildman–Crippen MR) is 136 cm³/mol. The molecule has 2 heterocycles. The van der Waals surface area contributed by atoms with Crippen LogP contribution in [0.3, 0.4) is 0 Å². The van der Waals surface area contributed by atoms with Gasteiger partial charge in [0.05, 0.1) is 24.3 Å². The maximum atomic E-state index is 13.5. The Morgan fingerprint density at radius 3 is 2.39 bits per heavy atom. The summed E-state index contributed by atoms with van der Waals surface area (Å²) in [4.78, 5) is 6.26. The summed E-state index contributed by atoms with van der Waals surface area (Å²) in [5.41, 5.74) is -0.192. The van der Waals surface area contributed by atoms with Crippen LogP contribution in [-0.4, -0.2) is 55.5 Å². The number of alkyl halides is 3. The van der Waals surface area contributed by atoms with E-state index < -0.39 is 11.7 Å². The number of nitriles is 1. The third kappa shape index (κ3) is 6.96. The van der Waals surface area contributed by atoms with Gasteiger partial charge in [0.1, 0.15) is 5.75 Å². The maximum Gasteiger partial charge on any atom is 0.420 e. The molecule has 4 rings (SSSR count). The van der Waals surface area contributed by atoms with Gasteiger partial charge in [-0.05, 0) is 67.9 Å². The van der Waals surface area contributed by atoms with E-state index >= 15 is 0 Å². The number of likely N-dealkylation sites (tertiary alicyclic amines) is 1. The zero-order valence-corrected chi connectivity index (χ0v) is 21.1. The number of benzene rings is 2. The van der Waals surface area contributed by atoms with E-state index in [2.05, 4.69) is 15.9 Å². The van der Waals surface area contributed by atoms with Gasteiger partial charge in [0.15, 0.2) is 11.5 Å². The average Bonchev–Trinajstić information content (AvgIpc) is 3.14. The molecule has 192 valence electrons. The van der Waals surface area contributed by atoms with Crippen molar-refractivity contribution >= 4 is 17.8 Å². The summed E-state index contributed by atoms with van der Waals surface area (Å²) in [6, 6.07) is 10.2. The second-order valence-corrected chi connectivity index (χ2v) is 10.1. The molecular formula is C27H30F3N3O2S. The molecule has 0 radical (unpaired) electrons. The normalized spacial score (nSPS) is 18.7. The maximum absolute atomic E-state index is 13.5. The van der Waals surface area contributed by atoms with E-state index in [9.17, 15) is 13.2 Å². The average molecular weight is 518 g/mol. The van der Waals surface area contributed by atoms with Crippen molar-refractivity contribution in [3.63, 3.8) is 0 Å². The Labute approximate surface area is 214 Å². The van der Waals surface area contributed by atoms with Crippen molar-refractivity contribution in [2.45, 2.75) is 31.9 Å².